The van der Waals surface area contributed by atoms with Gasteiger partial charge in [-0.1, -0.05) is 29.8 Å². The van der Waals surface area contributed by atoms with Crippen LogP contribution in [0.4, 0.5) is 26.1 Å². The van der Waals surface area contributed by atoms with Gasteiger partial charge in [0.05, 0.1) is 10.6 Å². The van der Waals surface area contributed by atoms with Crippen molar-refractivity contribution in [1.29, 1.82) is 0 Å². The van der Waals surface area contributed by atoms with Gasteiger partial charge in [0.1, 0.15) is 11.1 Å². The number of nitrogens with one attached hydrogen (secondary N) is 1. The van der Waals surface area contributed by atoms with Crippen LogP contribution in [-0.4, -0.2) is 52.4 Å². The standard InChI is InChI=1S/C29H27ClF2N6O4/c30-18-12-20(25(26(31)32)33-13-18)27(39)34-19-10-8-17(9-11-19)14-37-22-5-2-1-4-21(22)29(28(37)40)15-36(16-29)23-6-3-7-24(35-23)38(41)42/h1-7,12-13,17,19,26H,8-11,14-16H2,(H,34,39). The Hall–Kier alpha value is -4.19. The number of amides is 2. The summed E-state index contributed by atoms with van der Waals surface area (Å²) in [5.41, 5.74) is 0.266. The zero-order chi connectivity index (χ0) is 29.6. The fraction of sp³-hybridized carbons (Fsp3) is 0.379. The number of para-hydroxylation sites is 1. The SMILES string of the molecule is O=C(NC1CCC(CN2C(=O)C3(CN(c4cccc([N+](=O)[O-])n4)C3)c3ccccc32)CC1)c1cc(Cl)cnc1C(F)F. The van der Waals surface area contributed by atoms with Crippen molar-refractivity contribution in [3.63, 3.8) is 0 Å². The van der Waals surface area contributed by atoms with Crippen molar-refractivity contribution in [2.75, 3.05) is 29.4 Å². The number of anilines is 2. The second kappa shape index (κ2) is 10.9. The Morgan fingerprint density at radius 1 is 1.14 bits per heavy atom. The smallest absolute Gasteiger partial charge is 0.358 e. The van der Waals surface area contributed by atoms with Crippen LogP contribution in [0.25, 0.3) is 0 Å². The Kier molecular flexibility index (Phi) is 7.25. The summed E-state index contributed by atoms with van der Waals surface area (Å²) in [5.74, 6) is -0.188. The summed E-state index contributed by atoms with van der Waals surface area (Å²) < 4.78 is 26.7. The number of hydrogen-bond acceptors (Lipinski definition) is 7. The van der Waals surface area contributed by atoms with E-state index in [9.17, 15) is 28.5 Å². The van der Waals surface area contributed by atoms with Crippen LogP contribution in [0.3, 0.4) is 0 Å². The normalized spacial score (nSPS) is 20.9. The van der Waals surface area contributed by atoms with Gasteiger partial charge in [0.25, 0.3) is 12.3 Å². The molecular formula is C29H27ClF2N6O4. The molecule has 6 rings (SSSR count). The van der Waals surface area contributed by atoms with Gasteiger partial charge in [-0.05, 0) is 65.3 Å². The molecule has 1 saturated carbocycles. The number of pyridine rings is 2. The molecule has 1 N–H and O–H groups in total. The predicted molar refractivity (Wildman–Crippen MR) is 151 cm³/mol. The highest BCUT2D eigenvalue weighted by atomic mass is 35.5. The van der Waals surface area contributed by atoms with E-state index in [-0.39, 0.29) is 34.3 Å². The third-order valence-electron chi connectivity index (χ3n) is 8.48. The van der Waals surface area contributed by atoms with Gasteiger partial charge in [-0.3, -0.25) is 14.6 Å². The molecule has 3 aliphatic rings. The number of hydrogen-bond donors (Lipinski definition) is 1. The minimum Gasteiger partial charge on any atom is -0.358 e. The van der Waals surface area contributed by atoms with E-state index >= 15 is 0 Å². The molecule has 2 amide bonds. The fourth-order valence-corrected chi connectivity index (χ4v) is 6.51. The lowest BCUT2D eigenvalue weighted by Gasteiger charge is -2.46. The number of fused-ring (bicyclic) bond motifs is 2. The number of nitrogens with zero attached hydrogens (tertiary/aromatic N) is 5. The van der Waals surface area contributed by atoms with E-state index in [0.717, 1.165) is 30.3 Å². The van der Waals surface area contributed by atoms with Gasteiger partial charge in [0.2, 0.25) is 11.7 Å². The highest BCUT2D eigenvalue weighted by Gasteiger charge is 2.59. The van der Waals surface area contributed by atoms with Gasteiger partial charge in [-0.25, -0.2) is 8.78 Å². The van der Waals surface area contributed by atoms with Crippen molar-refractivity contribution < 1.29 is 23.3 Å². The first-order valence-electron chi connectivity index (χ1n) is 13.7. The van der Waals surface area contributed by atoms with Crippen molar-refractivity contribution >= 4 is 40.7 Å². The topological polar surface area (TPSA) is 122 Å². The van der Waals surface area contributed by atoms with E-state index < -0.39 is 28.4 Å². The zero-order valence-electron chi connectivity index (χ0n) is 22.4. The summed E-state index contributed by atoms with van der Waals surface area (Å²) in [6, 6.07) is 13.4. The maximum atomic E-state index is 13.9. The van der Waals surface area contributed by atoms with E-state index in [0.29, 0.717) is 38.3 Å². The second-order valence-corrected chi connectivity index (χ2v) is 11.5. The monoisotopic (exact) mass is 596 g/mol. The molecule has 10 nitrogen and oxygen atoms in total. The molecule has 218 valence electrons. The summed E-state index contributed by atoms with van der Waals surface area (Å²) in [7, 11) is 0. The van der Waals surface area contributed by atoms with Crippen molar-refractivity contribution in [2.45, 2.75) is 43.6 Å². The first kappa shape index (κ1) is 28.0. The van der Waals surface area contributed by atoms with E-state index in [4.69, 9.17) is 11.6 Å². The molecule has 1 aromatic carbocycles. The Morgan fingerprint density at radius 3 is 2.60 bits per heavy atom. The number of alkyl halides is 2. The minimum atomic E-state index is -2.90. The number of carbonyl (C=O) groups excluding carboxylic acids is 2. The molecule has 0 radical (unpaired) electrons. The summed E-state index contributed by atoms with van der Waals surface area (Å²) in [6.45, 7) is 1.29. The average molecular weight is 597 g/mol. The van der Waals surface area contributed by atoms with Crippen LogP contribution in [-0.2, 0) is 10.2 Å². The van der Waals surface area contributed by atoms with Crippen molar-refractivity contribution in [2.24, 2.45) is 5.92 Å². The maximum Gasteiger partial charge on any atom is 0.365 e. The predicted octanol–water partition coefficient (Wildman–Crippen LogP) is 5.07. The quantitative estimate of drug-likeness (QED) is 0.298. The van der Waals surface area contributed by atoms with Gasteiger partial charge in [0, 0.05) is 49.7 Å². The average Bonchev–Trinajstić information content (AvgIpc) is 3.20. The molecule has 1 aliphatic carbocycles. The number of rotatable bonds is 7. The molecule has 0 atom stereocenters. The van der Waals surface area contributed by atoms with E-state index in [1.807, 2.05) is 34.1 Å². The Balaban J connectivity index is 1.10. The molecular weight excluding hydrogens is 570 g/mol. The lowest BCUT2D eigenvalue weighted by Crippen LogP contribution is -2.64. The molecule has 13 heteroatoms. The maximum absolute atomic E-state index is 13.9. The summed E-state index contributed by atoms with van der Waals surface area (Å²) in [4.78, 5) is 48.8. The Bertz CT molecular complexity index is 1560. The molecule has 0 unspecified atom stereocenters. The van der Waals surface area contributed by atoms with Crippen molar-refractivity contribution in [3.8, 4) is 0 Å². The first-order chi connectivity index (χ1) is 20.2. The van der Waals surface area contributed by atoms with Gasteiger partial charge in [0.15, 0.2) is 0 Å². The molecule has 1 spiro atoms. The number of carbonyl (C=O) groups is 2. The van der Waals surface area contributed by atoms with E-state index in [1.54, 1.807) is 12.1 Å². The van der Waals surface area contributed by atoms with Crippen molar-refractivity contribution in [1.82, 2.24) is 15.3 Å². The molecule has 0 bridgehead atoms. The van der Waals surface area contributed by atoms with Crippen molar-refractivity contribution in [3.05, 3.63) is 86.7 Å². The molecule has 2 aliphatic heterocycles. The number of benzene rings is 1. The van der Waals surface area contributed by atoms with Crippen LogP contribution in [0.15, 0.2) is 54.7 Å². The van der Waals surface area contributed by atoms with Crippen LogP contribution < -0.4 is 15.1 Å². The van der Waals surface area contributed by atoms with Gasteiger partial charge in [-0.2, -0.15) is 0 Å². The summed E-state index contributed by atoms with van der Waals surface area (Å²) >= 11 is 5.90. The largest absolute Gasteiger partial charge is 0.365 e. The summed E-state index contributed by atoms with van der Waals surface area (Å²) in [5, 5.41) is 14.1. The first-order valence-corrected chi connectivity index (χ1v) is 14.1. The molecule has 4 heterocycles. The van der Waals surface area contributed by atoms with Crippen LogP contribution >= 0.6 is 11.6 Å². The van der Waals surface area contributed by atoms with Crippen LogP contribution in [0.2, 0.25) is 5.02 Å². The number of halogens is 3. The molecule has 2 aromatic heterocycles. The summed E-state index contributed by atoms with van der Waals surface area (Å²) in [6.07, 6.45) is 1.00. The fourth-order valence-electron chi connectivity index (χ4n) is 6.36. The van der Waals surface area contributed by atoms with Gasteiger partial charge < -0.3 is 25.2 Å². The Morgan fingerprint density at radius 2 is 1.88 bits per heavy atom. The highest BCUT2D eigenvalue weighted by molar-refractivity contribution is 6.30. The van der Waals surface area contributed by atoms with Crippen LogP contribution in [0, 0.1) is 16.0 Å². The minimum absolute atomic E-state index is 0.00814. The zero-order valence-corrected chi connectivity index (χ0v) is 23.1. The Labute approximate surface area is 244 Å². The van der Waals surface area contributed by atoms with E-state index in [1.165, 1.54) is 12.1 Å². The lowest BCUT2D eigenvalue weighted by atomic mass is 9.74. The second-order valence-electron chi connectivity index (χ2n) is 11.1. The third kappa shape index (κ3) is 4.93. The number of aromatic nitrogens is 2. The number of nitro groups is 1. The molecule has 1 saturated heterocycles. The van der Waals surface area contributed by atoms with Gasteiger partial charge >= 0.3 is 5.82 Å². The van der Waals surface area contributed by atoms with Crippen LogP contribution in [0.5, 0.6) is 0 Å². The lowest BCUT2D eigenvalue weighted by molar-refractivity contribution is -0.389. The van der Waals surface area contributed by atoms with E-state index in [2.05, 4.69) is 15.3 Å². The third-order valence-corrected chi connectivity index (χ3v) is 8.68. The van der Waals surface area contributed by atoms with Gasteiger partial charge in [-0.15, -0.1) is 0 Å². The molecule has 3 aromatic rings. The highest BCUT2D eigenvalue weighted by Crippen LogP contribution is 2.49. The molecule has 2 fully saturated rings. The molecule has 42 heavy (non-hydrogen) atoms. The van der Waals surface area contributed by atoms with Crippen LogP contribution in [0.1, 0.15) is 53.7 Å².